The first-order valence-corrected chi connectivity index (χ1v) is 5.95. The van der Waals surface area contributed by atoms with Crippen molar-refractivity contribution in [2.75, 3.05) is 5.32 Å². The summed E-state index contributed by atoms with van der Waals surface area (Å²) >= 11 is 0. The number of nitrogens with zero attached hydrogens (tertiary/aromatic N) is 1. The molecule has 1 aliphatic heterocycles. The molecule has 104 valence electrons. The molecular formula is C13H10F3N3O. The summed E-state index contributed by atoms with van der Waals surface area (Å²) in [6, 6.07) is 3.41. The fourth-order valence-corrected chi connectivity index (χ4v) is 2.39. The summed E-state index contributed by atoms with van der Waals surface area (Å²) in [4.78, 5) is 11.7. The first-order chi connectivity index (χ1) is 9.45. The van der Waals surface area contributed by atoms with Crippen LogP contribution in [0.2, 0.25) is 0 Å². The van der Waals surface area contributed by atoms with Gasteiger partial charge >= 0.3 is 6.18 Å². The van der Waals surface area contributed by atoms with Crippen molar-refractivity contribution in [2.24, 2.45) is 0 Å². The van der Waals surface area contributed by atoms with Gasteiger partial charge in [0.25, 0.3) is 0 Å². The fraction of sp³-hybridized carbons (Fsp3) is 0.231. The Morgan fingerprint density at radius 1 is 1.30 bits per heavy atom. The first-order valence-electron chi connectivity index (χ1n) is 5.95. The van der Waals surface area contributed by atoms with Crippen molar-refractivity contribution in [1.82, 2.24) is 10.2 Å². The third-order valence-electron chi connectivity index (χ3n) is 3.34. The standard InChI is InChI=1S/C13H10F3N3O/c14-13(15,16)8-1-2-9-10(7-5-17-18-6-7)4-12(20)19-11(9)3-8/h1-3,5-6,10H,4H2,(H,17,18)(H,19,20). The molecule has 2 aromatic rings. The number of carbonyl (C=O) groups is 1. The molecule has 1 amide bonds. The zero-order valence-electron chi connectivity index (χ0n) is 10.2. The minimum atomic E-state index is -4.43. The molecule has 0 spiro atoms. The molecule has 0 saturated heterocycles. The quantitative estimate of drug-likeness (QED) is 0.844. The van der Waals surface area contributed by atoms with Crippen LogP contribution < -0.4 is 5.32 Å². The first kappa shape index (κ1) is 12.7. The van der Waals surface area contributed by atoms with Gasteiger partial charge in [-0.3, -0.25) is 9.89 Å². The maximum Gasteiger partial charge on any atom is 0.416 e. The summed E-state index contributed by atoms with van der Waals surface area (Å²) in [5.74, 6) is -0.581. The van der Waals surface area contributed by atoms with E-state index in [1.165, 1.54) is 6.07 Å². The molecule has 7 heteroatoms. The van der Waals surface area contributed by atoms with E-state index in [2.05, 4.69) is 15.5 Å². The molecule has 0 fully saturated rings. The zero-order valence-corrected chi connectivity index (χ0v) is 10.2. The van der Waals surface area contributed by atoms with E-state index in [9.17, 15) is 18.0 Å². The zero-order chi connectivity index (χ0) is 14.3. The van der Waals surface area contributed by atoms with Gasteiger partial charge in [-0.25, -0.2) is 0 Å². The predicted molar refractivity (Wildman–Crippen MR) is 65.1 cm³/mol. The highest BCUT2D eigenvalue weighted by Crippen LogP contribution is 2.40. The van der Waals surface area contributed by atoms with Gasteiger partial charge < -0.3 is 5.32 Å². The number of carbonyl (C=O) groups excluding carboxylic acids is 1. The molecular weight excluding hydrogens is 271 g/mol. The van der Waals surface area contributed by atoms with E-state index < -0.39 is 11.7 Å². The average molecular weight is 281 g/mol. The third-order valence-corrected chi connectivity index (χ3v) is 3.34. The van der Waals surface area contributed by atoms with Crippen LogP contribution in [0, 0.1) is 0 Å². The predicted octanol–water partition coefficient (Wildman–Crippen LogP) is 2.90. The maximum absolute atomic E-state index is 12.7. The monoisotopic (exact) mass is 281 g/mol. The molecule has 2 N–H and O–H groups in total. The number of alkyl halides is 3. The normalized spacial score (nSPS) is 18.6. The summed E-state index contributed by atoms with van der Waals surface area (Å²) in [7, 11) is 0. The Morgan fingerprint density at radius 2 is 2.10 bits per heavy atom. The van der Waals surface area contributed by atoms with Crippen LogP contribution in [-0.2, 0) is 11.0 Å². The smallest absolute Gasteiger partial charge is 0.326 e. The van der Waals surface area contributed by atoms with Gasteiger partial charge in [-0.15, -0.1) is 0 Å². The molecule has 0 aliphatic carbocycles. The van der Waals surface area contributed by atoms with Gasteiger partial charge in [-0.05, 0) is 23.3 Å². The van der Waals surface area contributed by atoms with Crippen LogP contribution in [0.1, 0.15) is 29.0 Å². The Balaban J connectivity index is 2.08. The number of hydrogen-bond acceptors (Lipinski definition) is 2. The average Bonchev–Trinajstić information content (AvgIpc) is 2.89. The van der Waals surface area contributed by atoms with Crippen LogP contribution in [0.3, 0.4) is 0 Å². The minimum Gasteiger partial charge on any atom is -0.326 e. The summed E-state index contributed by atoms with van der Waals surface area (Å²) in [6.45, 7) is 0. The number of rotatable bonds is 1. The minimum absolute atomic E-state index is 0.192. The molecule has 1 aromatic heterocycles. The lowest BCUT2D eigenvalue weighted by Crippen LogP contribution is -2.24. The lowest BCUT2D eigenvalue weighted by molar-refractivity contribution is -0.137. The highest BCUT2D eigenvalue weighted by atomic mass is 19.4. The fourth-order valence-electron chi connectivity index (χ4n) is 2.39. The van der Waals surface area contributed by atoms with E-state index in [0.717, 1.165) is 17.7 Å². The number of aromatic nitrogens is 2. The van der Waals surface area contributed by atoms with Gasteiger partial charge in [0.15, 0.2) is 0 Å². The number of hydrogen-bond donors (Lipinski definition) is 2. The van der Waals surface area contributed by atoms with Crippen molar-refractivity contribution in [2.45, 2.75) is 18.5 Å². The lowest BCUT2D eigenvalue weighted by Gasteiger charge is -2.25. The van der Waals surface area contributed by atoms with E-state index in [0.29, 0.717) is 5.56 Å². The number of benzene rings is 1. The topological polar surface area (TPSA) is 57.8 Å². The number of anilines is 1. The van der Waals surface area contributed by atoms with Crippen molar-refractivity contribution >= 4 is 11.6 Å². The highest BCUT2D eigenvalue weighted by molar-refractivity contribution is 5.95. The summed E-state index contributed by atoms with van der Waals surface area (Å²) in [5.41, 5.74) is 0.881. The van der Waals surface area contributed by atoms with Crippen molar-refractivity contribution in [3.8, 4) is 0 Å². The molecule has 1 aromatic carbocycles. The van der Waals surface area contributed by atoms with E-state index in [1.807, 2.05) is 0 Å². The lowest BCUT2D eigenvalue weighted by atomic mass is 9.86. The van der Waals surface area contributed by atoms with Gasteiger partial charge in [-0.2, -0.15) is 18.3 Å². The SMILES string of the molecule is O=C1CC(c2cn[nH]c2)c2ccc(C(F)(F)F)cc2N1. The molecule has 0 bridgehead atoms. The largest absolute Gasteiger partial charge is 0.416 e. The van der Waals surface area contributed by atoms with Crippen molar-refractivity contribution in [1.29, 1.82) is 0 Å². The van der Waals surface area contributed by atoms with Crippen molar-refractivity contribution in [3.63, 3.8) is 0 Å². The molecule has 3 rings (SSSR count). The van der Waals surface area contributed by atoms with Gasteiger partial charge in [0.1, 0.15) is 0 Å². The van der Waals surface area contributed by atoms with E-state index >= 15 is 0 Å². The highest BCUT2D eigenvalue weighted by Gasteiger charge is 2.34. The Labute approximate surface area is 112 Å². The molecule has 0 saturated carbocycles. The molecule has 1 atom stereocenters. The second-order valence-corrected chi connectivity index (χ2v) is 4.64. The molecule has 1 aliphatic rings. The Bertz CT molecular complexity index is 649. The summed E-state index contributed by atoms with van der Waals surface area (Å²) < 4.78 is 38.1. The number of aromatic amines is 1. The molecule has 2 heterocycles. The van der Waals surface area contributed by atoms with Gasteiger partial charge in [0.2, 0.25) is 5.91 Å². The van der Waals surface area contributed by atoms with Crippen LogP contribution in [0.5, 0.6) is 0 Å². The number of H-pyrrole nitrogens is 1. The maximum atomic E-state index is 12.7. The Hall–Kier alpha value is -2.31. The summed E-state index contributed by atoms with van der Waals surface area (Å²) in [6.07, 6.45) is -1.02. The van der Waals surface area contributed by atoms with Crippen molar-refractivity contribution in [3.05, 3.63) is 47.3 Å². The Morgan fingerprint density at radius 3 is 2.75 bits per heavy atom. The van der Waals surface area contributed by atoms with E-state index in [4.69, 9.17) is 0 Å². The number of amides is 1. The molecule has 0 radical (unpaired) electrons. The number of fused-ring (bicyclic) bond motifs is 1. The van der Waals surface area contributed by atoms with Crippen LogP contribution in [0.25, 0.3) is 0 Å². The molecule has 4 nitrogen and oxygen atoms in total. The van der Waals surface area contributed by atoms with Gasteiger partial charge in [-0.1, -0.05) is 6.07 Å². The Kier molecular flexibility index (Phi) is 2.77. The van der Waals surface area contributed by atoms with Crippen LogP contribution in [0.15, 0.2) is 30.6 Å². The van der Waals surface area contributed by atoms with Crippen LogP contribution in [-0.4, -0.2) is 16.1 Å². The van der Waals surface area contributed by atoms with E-state index in [1.54, 1.807) is 12.4 Å². The van der Waals surface area contributed by atoms with Gasteiger partial charge in [0.05, 0.1) is 11.8 Å². The van der Waals surface area contributed by atoms with Gasteiger partial charge in [0, 0.05) is 24.2 Å². The second-order valence-electron chi connectivity index (χ2n) is 4.64. The summed E-state index contributed by atoms with van der Waals surface area (Å²) in [5, 5.41) is 8.96. The number of halogens is 3. The molecule has 1 unspecified atom stereocenters. The van der Waals surface area contributed by atoms with Crippen LogP contribution >= 0.6 is 0 Å². The second kappa shape index (κ2) is 4.36. The third kappa shape index (κ3) is 2.15. The number of nitrogens with one attached hydrogen (secondary N) is 2. The van der Waals surface area contributed by atoms with E-state index in [-0.39, 0.29) is 23.9 Å². The molecule has 20 heavy (non-hydrogen) atoms. The van der Waals surface area contributed by atoms with Crippen molar-refractivity contribution < 1.29 is 18.0 Å². The van der Waals surface area contributed by atoms with Crippen LogP contribution in [0.4, 0.5) is 18.9 Å².